The zero-order valence-electron chi connectivity index (χ0n) is 16.5. The molecule has 1 aliphatic rings. The van der Waals surface area contributed by atoms with Crippen LogP contribution < -0.4 is 15.9 Å². The first kappa shape index (κ1) is 22.1. The average Bonchev–Trinajstić information content (AvgIpc) is 3.15. The lowest BCUT2D eigenvalue weighted by atomic mass is 10.0. The van der Waals surface area contributed by atoms with E-state index in [1.54, 1.807) is 13.8 Å². The highest BCUT2D eigenvalue weighted by Crippen LogP contribution is 2.34. The van der Waals surface area contributed by atoms with Gasteiger partial charge in [0.25, 0.3) is 0 Å². The number of aliphatic hydroxyl groups excluding tert-OH is 2. The van der Waals surface area contributed by atoms with Gasteiger partial charge in [0.15, 0.2) is 18.0 Å². The van der Waals surface area contributed by atoms with E-state index in [0.29, 0.717) is 4.70 Å². The van der Waals surface area contributed by atoms with Gasteiger partial charge in [0.1, 0.15) is 18.2 Å². The topological polar surface area (TPSA) is 179 Å². The van der Waals surface area contributed by atoms with E-state index >= 15 is 0 Å². The molecule has 13 heteroatoms. The van der Waals surface area contributed by atoms with E-state index in [9.17, 15) is 24.6 Å². The fourth-order valence-corrected chi connectivity index (χ4v) is 4.02. The second kappa shape index (κ2) is 8.63. The minimum Gasteiger partial charge on any atom is -0.453 e. The van der Waals surface area contributed by atoms with Gasteiger partial charge >= 0.3 is 10.8 Å². The maximum absolute atomic E-state index is 12.7. The molecule has 1 fully saturated rings. The third-order valence-corrected chi connectivity index (χ3v) is 5.54. The van der Waals surface area contributed by atoms with Crippen LogP contribution in [-0.2, 0) is 19.1 Å². The number of nitrogens with one attached hydrogen (secondary N) is 1. The number of esters is 1. The Kier molecular flexibility index (Phi) is 6.36. The number of rotatable bonds is 6. The number of anilines is 1. The molecular weight excluding hydrogens is 418 g/mol. The molecule has 3 heterocycles. The lowest BCUT2D eigenvalue weighted by molar-refractivity contribution is -0.163. The van der Waals surface area contributed by atoms with Crippen molar-refractivity contribution in [1.29, 1.82) is 0 Å². The van der Waals surface area contributed by atoms with E-state index in [1.807, 2.05) is 0 Å². The van der Waals surface area contributed by atoms with Gasteiger partial charge in [-0.25, -0.2) is 9.78 Å². The fraction of sp³-hybridized carbons (Fsp3) is 0.588. The van der Waals surface area contributed by atoms with Crippen molar-refractivity contribution >= 4 is 39.5 Å². The molecule has 0 bridgehead atoms. The summed E-state index contributed by atoms with van der Waals surface area (Å²) in [6, 6.07) is -0.975. The second-order valence-electron chi connectivity index (χ2n) is 7.22. The molecule has 0 aliphatic carbocycles. The van der Waals surface area contributed by atoms with Crippen LogP contribution in [0, 0.1) is 5.92 Å². The Hall–Kier alpha value is -2.61. The number of nitrogen functional groups attached to an aromatic ring is 1. The molecule has 0 unspecified atom stereocenters. The van der Waals surface area contributed by atoms with Gasteiger partial charge in [-0.2, -0.15) is 4.98 Å². The maximum atomic E-state index is 12.7. The van der Waals surface area contributed by atoms with Gasteiger partial charge in [-0.15, -0.1) is 0 Å². The molecular formula is C17H23N5O7S. The Labute approximate surface area is 174 Å². The quantitative estimate of drug-likeness (QED) is 0.396. The Bertz CT molecular complexity index is 1010. The molecule has 30 heavy (non-hydrogen) atoms. The lowest BCUT2D eigenvalue weighted by Crippen LogP contribution is -2.48. The summed E-state index contributed by atoms with van der Waals surface area (Å²) in [7, 11) is 0. The van der Waals surface area contributed by atoms with Gasteiger partial charge in [-0.1, -0.05) is 25.2 Å². The van der Waals surface area contributed by atoms with Crippen LogP contribution in [0.15, 0.2) is 11.0 Å². The predicted octanol–water partition coefficient (Wildman–Crippen LogP) is -1.24. The van der Waals surface area contributed by atoms with Gasteiger partial charge in [0.2, 0.25) is 11.9 Å². The highest BCUT2D eigenvalue weighted by atomic mass is 32.1. The first-order chi connectivity index (χ1) is 14.1. The minimum atomic E-state index is -1.42. The molecule has 164 valence electrons. The number of hydrogen-bond donors (Lipinski definition) is 4. The van der Waals surface area contributed by atoms with E-state index in [-0.39, 0.29) is 17.5 Å². The molecule has 1 amide bonds. The van der Waals surface area contributed by atoms with Crippen LogP contribution >= 0.6 is 11.3 Å². The highest BCUT2D eigenvalue weighted by molar-refractivity contribution is 7.16. The number of carbonyl (C=O) groups is 2. The maximum Gasteiger partial charge on any atom is 0.329 e. The molecule has 1 aliphatic heterocycles. The van der Waals surface area contributed by atoms with Crippen LogP contribution in [0.4, 0.5) is 5.95 Å². The summed E-state index contributed by atoms with van der Waals surface area (Å²) in [5, 5.41) is 22.6. The van der Waals surface area contributed by atoms with Crippen molar-refractivity contribution in [3.8, 4) is 0 Å². The number of aliphatic hydroxyl groups is 2. The van der Waals surface area contributed by atoms with Crippen molar-refractivity contribution in [3.63, 3.8) is 0 Å². The Morgan fingerprint density at radius 1 is 1.47 bits per heavy atom. The van der Waals surface area contributed by atoms with E-state index < -0.39 is 53.9 Å². The van der Waals surface area contributed by atoms with Gasteiger partial charge in [-0.3, -0.25) is 14.2 Å². The van der Waals surface area contributed by atoms with E-state index in [0.717, 1.165) is 15.9 Å². The molecule has 1 saturated heterocycles. The van der Waals surface area contributed by atoms with Crippen LogP contribution in [0.3, 0.4) is 0 Å². The summed E-state index contributed by atoms with van der Waals surface area (Å²) in [5.74, 6) is -1.61. The molecule has 3 rings (SSSR count). The van der Waals surface area contributed by atoms with Crippen LogP contribution in [0.5, 0.6) is 0 Å². The van der Waals surface area contributed by atoms with Crippen LogP contribution in [-0.4, -0.2) is 67.6 Å². The Morgan fingerprint density at radius 2 is 2.17 bits per heavy atom. The lowest BCUT2D eigenvalue weighted by Gasteiger charge is -2.26. The number of nitrogens with two attached hydrogens (primary N) is 1. The van der Waals surface area contributed by atoms with Gasteiger partial charge in [-0.05, 0) is 5.92 Å². The molecule has 5 atom stereocenters. The SMILES string of the molecule is CC(=O)N[C@H](C(=O)O[C@@H]1[C@@H](O)[C@@H](CO)O[C@H]1n1c(=O)sc2cnc(N)nc21)C(C)C. The molecule has 0 spiro atoms. The number of thiazole rings is 1. The first-order valence-corrected chi connectivity index (χ1v) is 10.0. The molecule has 12 nitrogen and oxygen atoms in total. The highest BCUT2D eigenvalue weighted by Gasteiger charge is 2.49. The standard InChI is InChI=1S/C17H23N5O7S/c1-6(2)10(20-7(3)24)15(26)29-12-11(25)8(5-23)28-14(12)22-13-9(30-17(22)27)4-19-16(18)21-13/h4,6,8,10-12,14,23,25H,5H2,1-3H3,(H,20,24)(H2,18,19,21)/t8-,10+,11+,12-,14-/m1/s1. The molecule has 2 aromatic heterocycles. The summed E-state index contributed by atoms with van der Waals surface area (Å²) in [4.78, 5) is 44.2. The van der Waals surface area contributed by atoms with Gasteiger partial charge in [0, 0.05) is 6.92 Å². The third-order valence-electron chi connectivity index (χ3n) is 4.66. The molecule has 0 aromatic carbocycles. The number of fused-ring (bicyclic) bond motifs is 1. The van der Waals surface area contributed by atoms with Crippen LogP contribution in [0.25, 0.3) is 10.3 Å². The van der Waals surface area contributed by atoms with Crippen molar-refractivity contribution < 1.29 is 29.3 Å². The van der Waals surface area contributed by atoms with Crippen molar-refractivity contribution in [2.24, 2.45) is 5.92 Å². The van der Waals surface area contributed by atoms with Gasteiger partial charge < -0.3 is 30.7 Å². The molecule has 2 aromatic rings. The number of carbonyl (C=O) groups excluding carboxylic acids is 2. The Balaban J connectivity index is 1.99. The summed E-state index contributed by atoms with van der Waals surface area (Å²) >= 11 is 0.830. The average molecular weight is 441 g/mol. The van der Waals surface area contributed by atoms with Crippen molar-refractivity contribution in [2.45, 2.75) is 51.4 Å². The van der Waals surface area contributed by atoms with E-state index in [4.69, 9.17) is 15.2 Å². The smallest absolute Gasteiger partial charge is 0.329 e. The summed E-state index contributed by atoms with van der Waals surface area (Å²) in [6.07, 6.45) is -3.75. The zero-order valence-corrected chi connectivity index (χ0v) is 17.3. The minimum absolute atomic E-state index is 0.0784. The molecule has 5 N–H and O–H groups in total. The summed E-state index contributed by atoms with van der Waals surface area (Å²) in [6.45, 7) is 4.13. The third kappa shape index (κ3) is 4.14. The predicted molar refractivity (Wildman–Crippen MR) is 105 cm³/mol. The van der Waals surface area contributed by atoms with Crippen molar-refractivity contribution in [3.05, 3.63) is 15.9 Å². The van der Waals surface area contributed by atoms with Crippen molar-refractivity contribution in [1.82, 2.24) is 19.9 Å². The molecule has 0 radical (unpaired) electrons. The summed E-state index contributed by atoms with van der Waals surface area (Å²) < 4.78 is 12.6. The fourth-order valence-electron chi connectivity index (χ4n) is 3.20. The van der Waals surface area contributed by atoms with E-state index in [2.05, 4.69) is 15.3 Å². The van der Waals surface area contributed by atoms with Crippen LogP contribution in [0.2, 0.25) is 0 Å². The number of aromatic nitrogens is 3. The number of ether oxygens (including phenoxy) is 2. The largest absolute Gasteiger partial charge is 0.453 e. The van der Waals surface area contributed by atoms with Crippen LogP contribution in [0.1, 0.15) is 27.0 Å². The number of nitrogens with zero attached hydrogens (tertiary/aromatic N) is 3. The van der Waals surface area contributed by atoms with E-state index in [1.165, 1.54) is 13.1 Å². The molecule has 0 saturated carbocycles. The number of hydrogen-bond acceptors (Lipinski definition) is 11. The monoisotopic (exact) mass is 441 g/mol. The Morgan fingerprint density at radius 3 is 2.77 bits per heavy atom. The second-order valence-corrected chi connectivity index (χ2v) is 8.21. The first-order valence-electron chi connectivity index (χ1n) is 9.19. The number of amides is 1. The summed E-state index contributed by atoms with van der Waals surface area (Å²) in [5.41, 5.74) is 5.78. The normalized spacial score (nSPS) is 24.9. The zero-order chi connectivity index (χ0) is 22.2. The van der Waals surface area contributed by atoms with Crippen molar-refractivity contribution in [2.75, 3.05) is 12.3 Å². The van der Waals surface area contributed by atoms with Gasteiger partial charge in [0.05, 0.1) is 17.5 Å².